The molecule has 2 N–H and O–H groups in total. The second-order valence-electron chi connectivity index (χ2n) is 5.21. The molecule has 0 aromatic heterocycles. The van der Waals surface area contributed by atoms with Crippen molar-refractivity contribution in [1.82, 2.24) is 10.6 Å². The fraction of sp³-hybridized carbons (Fsp3) is 0.353. The molecule has 0 saturated heterocycles. The van der Waals surface area contributed by atoms with E-state index in [-0.39, 0.29) is 19.8 Å². The monoisotopic (exact) mass is 345 g/mol. The normalized spacial score (nSPS) is 16.5. The van der Waals surface area contributed by atoms with Crippen molar-refractivity contribution < 1.29 is 23.8 Å². The largest absolute Gasteiger partial charge is 0.479 e. The Kier molecular flexibility index (Phi) is 6.37. The highest BCUT2D eigenvalue weighted by atomic mass is 16.6. The summed E-state index contributed by atoms with van der Waals surface area (Å²) in [4.78, 5) is 24.2. The van der Waals surface area contributed by atoms with Crippen LogP contribution in [0.4, 0.5) is 4.79 Å². The van der Waals surface area contributed by atoms with Crippen LogP contribution in [0.3, 0.4) is 0 Å². The minimum atomic E-state index is -0.645. The van der Waals surface area contributed by atoms with E-state index in [4.69, 9.17) is 19.5 Å². The maximum absolute atomic E-state index is 12.4. The molecule has 0 radical (unpaired) electrons. The van der Waals surface area contributed by atoms with Crippen LogP contribution in [0.2, 0.25) is 0 Å². The van der Waals surface area contributed by atoms with Gasteiger partial charge >= 0.3 is 12.0 Å². The number of nitriles is 1. The third kappa shape index (κ3) is 4.71. The van der Waals surface area contributed by atoms with Crippen molar-refractivity contribution in [3.63, 3.8) is 0 Å². The van der Waals surface area contributed by atoms with Crippen LogP contribution in [0, 0.1) is 11.3 Å². The topological polar surface area (TPSA) is 110 Å². The fourth-order valence-electron chi connectivity index (χ4n) is 2.38. The Morgan fingerprint density at radius 2 is 2.00 bits per heavy atom. The van der Waals surface area contributed by atoms with E-state index in [2.05, 4.69) is 10.6 Å². The number of allylic oxidation sites excluding steroid dienone is 1. The van der Waals surface area contributed by atoms with Crippen LogP contribution >= 0.6 is 0 Å². The Hall–Kier alpha value is -3.05. The lowest BCUT2D eigenvalue weighted by Crippen LogP contribution is -2.45. The summed E-state index contributed by atoms with van der Waals surface area (Å²) in [5, 5.41) is 13.8. The Morgan fingerprint density at radius 3 is 2.64 bits per heavy atom. The number of hydrogen-bond donors (Lipinski definition) is 2. The third-order valence-corrected chi connectivity index (χ3v) is 3.53. The van der Waals surface area contributed by atoms with Gasteiger partial charge in [0.25, 0.3) is 0 Å². The first-order chi connectivity index (χ1) is 12.1. The van der Waals surface area contributed by atoms with Gasteiger partial charge in [-0.05, 0) is 24.6 Å². The van der Waals surface area contributed by atoms with Crippen LogP contribution in [-0.2, 0) is 14.3 Å². The van der Waals surface area contributed by atoms with Gasteiger partial charge in [-0.25, -0.2) is 9.59 Å². The maximum atomic E-state index is 12.4. The molecule has 1 aromatic rings. The average molecular weight is 345 g/mol. The van der Waals surface area contributed by atoms with Crippen molar-refractivity contribution in [3.05, 3.63) is 41.1 Å². The van der Waals surface area contributed by atoms with E-state index < -0.39 is 18.0 Å². The molecule has 1 aliphatic rings. The number of ether oxygens (including phenoxy) is 3. The molecule has 8 heteroatoms. The average Bonchev–Trinajstić information content (AvgIpc) is 2.59. The zero-order valence-corrected chi connectivity index (χ0v) is 14.0. The lowest BCUT2D eigenvalue weighted by Gasteiger charge is -2.28. The van der Waals surface area contributed by atoms with Gasteiger partial charge in [0.05, 0.1) is 18.2 Å². The molecule has 2 amide bonds. The first-order valence-corrected chi connectivity index (χ1v) is 7.61. The second-order valence-corrected chi connectivity index (χ2v) is 5.21. The standard InChI is InChI=1S/C17H19N3O5/c1-11-14(16(21)25-10-9-23-2)15(20-17(22)19-11)12-3-5-13(6-4-12)24-8-7-18/h3-6,15H,8-10H2,1-2H3,(H2,19,20,22)/t15-/m0/s1. The molecule has 25 heavy (non-hydrogen) atoms. The van der Waals surface area contributed by atoms with E-state index in [9.17, 15) is 9.59 Å². The van der Waals surface area contributed by atoms with Crippen LogP contribution in [0.5, 0.6) is 5.75 Å². The molecular weight excluding hydrogens is 326 g/mol. The first kappa shape index (κ1) is 18.3. The van der Waals surface area contributed by atoms with Crippen LogP contribution in [-0.4, -0.2) is 38.9 Å². The van der Waals surface area contributed by atoms with Crippen molar-refractivity contribution in [2.24, 2.45) is 0 Å². The van der Waals surface area contributed by atoms with E-state index >= 15 is 0 Å². The van der Waals surface area contributed by atoms with E-state index in [0.717, 1.165) is 0 Å². The zero-order valence-electron chi connectivity index (χ0n) is 14.0. The summed E-state index contributed by atoms with van der Waals surface area (Å²) in [7, 11) is 1.51. The zero-order chi connectivity index (χ0) is 18.2. The molecule has 0 unspecified atom stereocenters. The number of benzene rings is 1. The summed E-state index contributed by atoms with van der Waals surface area (Å²) in [6, 6.07) is 7.62. The quantitative estimate of drug-likeness (QED) is 0.571. The molecule has 0 aliphatic carbocycles. The Balaban J connectivity index is 2.23. The highest BCUT2D eigenvalue weighted by molar-refractivity contribution is 5.95. The van der Waals surface area contributed by atoms with Crippen LogP contribution in [0.25, 0.3) is 0 Å². The SMILES string of the molecule is COCCOC(=O)C1=C(C)NC(=O)N[C@H]1c1ccc(OCC#N)cc1. The molecular formula is C17H19N3O5. The molecule has 8 nitrogen and oxygen atoms in total. The molecule has 0 spiro atoms. The number of esters is 1. The van der Waals surface area contributed by atoms with Gasteiger partial charge in [-0.2, -0.15) is 5.26 Å². The number of carbonyl (C=O) groups is 2. The summed E-state index contributed by atoms with van der Waals surface area (Å²) >= 11 is 0. The van der Waals surface area contributed by atoms with E-state index in [0.29, 0.717) is 22.6 Å². The predicted molar refractivity (Wildman–Crippen MR) is 87.5 cm³/mol. The second kappa shape index (κ2) is 8.70. The molecule has 1 atom stereocenters. The van der Waals surface area contributed by atoms with Crippen molar-refractivity contribution in [3.8, 4) is 11.8 Å². The highest BCUT2D eigenvalue weighted by Gasteiger charge is 2.32. The summed E-state index contributed by atoms with van der Waals surface area (Å²) in [5.74, 6) is -0.00709. The number of hydrogen-bond acceptors (Lipinski definition) is 6. The molecule has 2 rings (SSSR count). The van der Waals surface area contributed by atoms with Crippen molar-refractivity contribution in [2.45, 2.75) is 13.0 Å². The van der Waals surface area contributed by atoms with Gasteiger partial charge < -0.3 is 24.8 Å². The van der Waals surface area contributed by atoms with Gasteiger partial charge in [0.15, 0.2) is 6.61 Å². The lowest BCUT2D eigenvalue weighted by molar-refractivity contribution is -0.140. The molecule has 0 bridgehead atoms. The molecule has 0 saturated carbocycles. The Morgan fingerprint density at radius 1 is 1.28 bits per heavy atom. The Labute approximate surface area is 145 Å². The molecule has 1 heterocycles. The summed E-state index contributed by atoms with van der Waals surface area (Å²) in [6.45, 7) is 1.99. The number of amides is 2. The van der Waals surface area contributed by atoms with Crippen LogP contribution < -0.4 is 15.4 Å². The third-order valence-electron chi connectivity index (χ3n) is 3.53. The Bertz CT molecular complexity index is 706. The van der Waals surface area contributed by atoms with E-state index in [1.54, 1.807) is 31.2 Å². The fourth-order valence-corrected chi connectivity index (χ4v) is 2.38. The van der Waals surface area contributed by atoms with E-state index in [1.165, 1.54) is 7.11 Å². The molecule has 132 valence electrons. The van der Waals surface area contributed by atoms with Gasteiger partial charge in [-0.3, -0.25) is 0 Å². The van der Waals surface area contributed by atoms with E-state index in [1.807, 2.05) is 6.07 Å². The molecule has 0 fully saturated rings. The minimum Gasteiger partial charge on any atom is -0.479 e. The first-order valence-electron chi connectivity index (χ1n) is 7.61. The van der Waals surface area contributed by atoms with Crippen molar-refractivity contribution in [2.75, 3.05) is 26.9 Å². The molecule has 1 aromatic carbocycles. The predicted octanol–water partition coefficient (Wildman–Crippen LogP) is 1.41. The summed E-state index contributed by atoms with van der Waals surface area (Å²) < 4.78 is 15.2. The number of urea groups is 1. The minimum absolute atomic E-state index is 0.0560. The number of carbonyl (C=O) groups excluding carboxylic acids is 2. The van der Waals surface area contributed by atoms with Gasteiger partial charge in [0.1, 0.15) is 18.4 Å². The number of rotatable bonds is 7. The number of nitrogens with zero attached hydrogens (tertiary/aromatic N) is 1. The maximum Gasteiger partial charge on any atom is 0.338 e. The lowest BCUT2D eigenvalue weighted by atomic mass is 9.95. The van der Waals surface area contributed by atoms with Gasteiger partial charge in [-0.1, -0.05) is 12.1 Å². The summed E-state index contributed by atoms with van der Waals surface area (Å²) in [5.41, 5.74) is 1.44. The summed E-state index contributed by atoms with van der Waals surface area (Å²) in [6.07, 6.45) is 0. The molecule has 1 aliphatic heterocycles. The van der Waals surface area contributed by atoms with Crippen molar-refractivity contribution in [1.29, 1.82) is 5.26 Å². The van der Waals surface area contributed by atoms with Gasteiger partial charge in [0.2, 0.25) is 0 Å². The number of nitrogens with one attached hydrogen (secondary N) is 2. The highest BCUT2D eigenvalue weighted by Crippen LogP contribution is 2.28. The number of methoxy groups -OCH3 is 1. The van der Waals surface area contributed by atoms with Crippen molar-refractivity contribution >= 4 is 12.0 Å². The van der Waals surface area contributed by atoms with Crippen LogP contribution in [0.1, 0.15) is 18.5 Å². The smallest absolute Gasteiger partial charge is 0.338 e. The van der Waals surface area contributed by atoms with Gasteiger partial charge in [0, 0.05) is 12.8 Å². The van der Waals surface area contributed by atoms with Gasteiger partial charge in [-0.15, -0.1) is 0 Å². The van der Waals surface area contributed by atoms with Crippen LogP contribution in [0.15, 0.2) is 35.5 Å².